The Bertz CT molecular complexity index is 545. The number of carbonyl (C=O) groups is 2. The van der Waals surface area contributed by atoms with Crippen molar-refractivity contribution in [1.29, 1.82) is 0 Å². The summed E-state index contributed by atoms with van der Waals surface area (Å²) in [6, 6.07) is 6.16. The van der Waals surface area contributed by atoms with E-state index in [0.717, 1.165) is 12.8 Å². The van der Waals surface area contributed by atoms with E-state index in [2.05, 4.69) is 0 Å². The van der Waals surface area contributed by atoms with Crippen LogP contribution >= 0.6 is 0 Å². The molecule has 0 bridgehead atoms. The van der Waals surface area contributed by atoms with Crippen molar-refractivity contribution in [3.05, 3.63) is 29.8 Å². The van der Waals surface area contributed by atoms with Crippen LogP contribution in [0.1, 0.15) is 50.4 Å². The Labute approximate surface area is 130 Å². The van der Waals surface area contributed by atoms with Gasteiger partial charge in [0.25, 0.3) is 5.91 Å². The molecule has 1 N–H and O–H groups in total. The molecule has 1 aliphatic heterocycles. The summed E-state index contributed by atoms with van der Waals surface area (Å²) in [6.07, 6.45) is 2.21. The van der Waals surface area contributed by atoms with Crippen LogP contribution in [0.3, 0.4) is 0 Å². The molecule has 120 valence electrons. The van der Waals surface area contributed by atoms with Gasteiger partial charge >= 0.3 is 5.97 Å². The molecule has 5 nitrogen and oxygen atoms in total. The van der Waals surface area contributed by atoms with Gasteiger partial charge in [0.15, 0.2) is 0 Å². The normalized spacial score (nSPS) is 18.9. The molecule has 22 heavy (non-hydrogen) atoms. The highest BCUT2D eigenvalue weighted by Gasteiger charge is 2.32. The molecule has 1 amide bonds. The standard InChI is InChI=1S/C17H23NO4/c1-17(2,3)22-13-9-7-12(8-10-13)15(19)18-11-5-4-6-14(18)16(20)21/h7-10,14H,4-6,11H2,1-3H3,(H,20,21)/t14-/m1/s1. The number of likely N-dealkylation sites (tertiary alicyclic amines) is 1. The first kappa shape index (κ1) is 16.3. The Morgan fingerprint density at radius 1 is 1.18 bits per heavy atom. The lowest BCUT2D eigenvalue weighted by molar-refractivity contribution is -0.143. The number of benzene rings is 1. The molecule has 1 heterocycles. The summed E-state index contributed by atoms with van der Waals surface area (Å²) in [7, 11) is 0. The van der Waals surface area contributed by atoms with Crippen molar-refractivity contribution in [3.8, 4) is 5.75 Å². The first-order chi connectivity index (χ1) is 10.3. The Morgan fingerprint density at radius 3 is 2.36 bits per heavy atom. The predicted molar refractivity (Wildman–Crippen MR) is 83.1 cm³/mol. The summed E-state index contributed by atoms with van der Waals surface area (Å²) >= 11 is 0. The van der Waals surface area contributed by atoms with Crippen LogP contribution in [-0.4, -0.2) is 40.1 Å². The van der Waals surface area contributed by atoms with Crippen LogP contribution in [-0.2, 0) is 4.79 Å². The van der Waals surface area contributed by atoms with E-state index in [1.165, 1.54) is 4.90 Å². The zero-order chi connectivity index (χ0) is 16.3. The number of carbonyl (C=O) groups excluding carboxylic acids is 1. The molecule has 1 aliphatic rings. The van der Waals surface area contributed by atoms with Crippen LogP contribution in [0.2, 0.25) is 0 Å². The second-order valence-electron chi connectivity index (χ2n) is 6.59. The Kier molecular flexibility index (Phi) is 4.74. The molecular formula is C17H23NO4. The van der Waals surface area contributed by atoms with Crippen molar-refractivity contribution in [3.63, 3.8) is 0 Å². The highest BCUT2D eigenvalue weighted by atomic mass is 16.5. The molecule has 1 fully saturated rings. The highest BCUT2D eigenvalue weighted by molar-refractivity contribution is 5.96. The van der Waals surface area contributed by atoms with Gasteiger partial charge in [-0.15, -0.1) is 0 Å². The number of nitrogens with zero attached hydrogens (tertiary/aromatic N) is 1. The number of ether oxygens (including phenoxy) is 1. The summed E-state index contributed by atoms with van der Waals surface area (Å²) in [5.41, 5.74) is 0.196. The lowest BCUT2D eigenvalue weighted by Crippen LogP contribution is -2.47. The van der Waals surface area contributed by atoms with E-state index >= 15 is 0 Å². The molecule has 1 aromatic carbocycles. The first-order valence-corrected chi connectivity index (χ1v) is 7.61. The maximum absolute atomic E-state index is 12.5. The maximum Gasteiger partial charge on any atom is 0.326 e. The van der Waals surface area contributed by atoms with Gasteiger partial charge < -0.3 is 14.7 Å². The largest absolute Gasteiger partial charge is 0.488 e. The van der Waals surface area contributed by atoms with E-state index < -0.39 is 12.0 Å². The quantitative estimate of drug-likeness (QED) is 0.932. The van der Waals surface area contributed by atoms with Crippen molar-refractivity contribution in [2.24, 2.45) is 0 Å². The molecule has 5 heteroatoms. The number of aliphatic carboxylic acids is 1. The average molecular weight is 305 g/mol. The molecule has 0 radical (unpaired) electrons. The summed E-state index contributed by atoms with van der Waals surface area (Å²) in [5, 5.41) is 9.26. The summed E-state index contributed by atoms with van der Waals surface area (Å²) in [4.78, 5) is 25.3. The van der Waals surface area contributed by atoms with Gasteiger partial charge in [-0.25, -0.2) is 4.79 Å². The van der Waals surface area contributed by atoms with Crippen LogP contribution in [0, 0.1) is 0 Å². The minimum atomic E-state index is -0.930. The number of hydrogen-bond acceptors (Lipinski definition) is 3. The molecule has 1 saturated heterocycles. The molecule has 0 aliphatic carbocycles. The van der Waals surface area contributed by atoms with Crippen LogP contribution < -0.4 is 4.74 Å². The monoisotopic (exact) mass is 305 g/mol. The summed E-state index contributed by atoms with van der Waals surface area (Å²) in [6.45, 7) is 6.36. The van der Waals surface area contributed by atoms with Crippen molar-refractivity contribution in [1.82, 2.24) is 4.90 Å². The number of amides is 1. The Balaban J connectivity index is 2.13. The van der Waals surface area contributed by atoms with E-state index in [0.29, 0.717) is 24.3 Å². The van der Waals surface area contributed by atoms with Crippen LogP contribution in [0.25, 0.3) is 0 Å². The fraction of sp³-hybridized carbons (Fsp3) is 0.529. The van der Waals surface area contributed by atoms with Gasteiger partial charge in [-0.3, -0.25) is 4.79 Å². The molecule has 0 saturated carbocycles. The summed E-state index contributed by atoms with van der Waals surface area (Å²) in [5.74, 6) is -0.465. The van der Waals surface area contributed by atoms with E-state index in [-0.39, 0.29) is 11.5 Å². The van der Waals surface area contributed by atoms with Gasteiger partial charge in [-0.1, -0.05) is 0 Å². The fourth-order valence-electron chi connectivity index (χ4n) is 2.62. The fourth-order valence-corrected chi connectivity index (χ4v) is 2.62. The van der Waals surface area contributed by atoms with Gasteiger partial charge in [0, 0.05) is 12.1 Å². The number of carboxylic acids is 1. The van der Waals surface area contributed by atoms with Crippen molar-refractivity contribution in [2.75, 3.05) is 6.54 Å². The third-order valence-corrected chi connectivity index (χ3v) is 3.57. The third kappa shape index (κ3) is 4.00. The molecule has 1 aromatic rings. The molecule has 0 unspecified atom stereocenters. The molecule has 2 rings (SSSR count). The minimum absolute atomic E-state index is 0.227. The first-order valence-electron chi connectivity index (χ1n) is 7.61. The lowest BCUT2D eigenvalue weighted by Gasteiger charge is -2.33. The lowest BCUT2D eigenvalue weighted by atomic mass is 10.0. The summed E-state index contributed by atoms with van der Waals surface area (Å²) < 4.78 is 5.72. The van der Waals surface area contributed by atoms with Gasteiger partial charge in [0.05, 0.1) is 0 Å². The van der Waals surface area contributed by atoms with Crippen LogP contribution in [0.15, 0.2) is 24.3 Å². The SMILES string of the molecule is CC(C)(C)Oc1ccc(C(=O)N2CCCC[C@@H]2C(=O)O)cc1. The van der Waals surface area contributed by atoms with E-state index in [4.69, 9.17) is 4.74 Å². The van der Waals surface area contributed by atoms with Gasteiger partial charge in [0.1, 0.15) is 17.4 Å². The number of piperidine rings is 1. The number of rotatable bonds is 3. The van der Waals surface area contributed by atoms with Gasteiger partial charge in [-0.2, -0.15) is 0 Å². The minimum Gasteiger partial charge on any atom is -0.488 e. The third-order valence-electron chi connectivity index (χ3n) is 3.57. The van der Waals surface area contributed by atoms with Crippen molar-refractivity contribution < 1.29 is 19.4 Å². The maximum atomic E-state index is 12.5. The smallest absolute Gasteiger partial charge is 0.326 e. The highest BCUT2D eigenvalue weighted by Crippen LogP contribution is 2.22. The van der Waals surface area contributed by atoms with Crippen LogP contribution in [0.4, 0.5) is 0 Å². The van der Waals surface area contributed by atoms with Gasteiger partial charge in [0.2, 0.25) is 0 Å². The van der Waals surface area contributed by atoms with E-state index in [9.17, 15) is 14.7 Å². The molecular weight excluding hydrogens is 282 g/mol. The van der Waals surface area contributed by atoms with Crippen molar-refractivity contribution >= 4 is 11.9 Å². The Morgan fingerprint density at radius 2 is 1.82 bits per heavy atom. The second-order valence-corrected chi connectivity index (χ2v) is 6.59. The topological polar surface area (TPSA) is 66.8 Å². The molecule has 0 spiro atoms. The zero-order valence-electron chi connectivity index (χ0n) is 13.3. The van der Waals surface area contributed by atoms with Crippen molar-refractivity contribution in [2.45, 2.75) is 51.7 Å². The van der Waals surface area contributed by atoms with E-state index in [1.54, 1.807) is 24.3 Å². The number of carboxylic acid groups (broad SMARTS) is 1. The second kappa shape index (κ2) is 6.38. The predicted octanol–water partition coefficient (Wildman–Crippen LogP) is 2.94. The average Bonchev–Trinajstić information content (AvgIpc) is 2.45. The number of hydrogen-bond donors (Lipinski definition) is 1. The van der Waals surface area contributed by atoms with Gasteiger partial charge in [-0.05, 0) is 64.3 Å². The Hall–Kier alpha value is -2.04. The molecule has 1 atom stereocenters. The van der Waals surface area contributed by atoms with Crippen LogP contribution in [0.5, 0.6) is 5.75 Å². The molecule has 0 aromatic heterocycles. The van der Waals surface area contributed by atoms with E-state index in [1.807, 2.05) is 20.8 Å². The zero-order valence-corrected chi connectivity index (χ0v) is 13.3.